The molecule has 10 heteroatoms. The maximum Gasteiger partial charge on any atom is 0.311 e. The number of nitrogens with one attached hydrogen (secondary N) is 1. The summed E-state index contributed by atoms with van der Waals surface area (Å²) < 4.78 is 58.2. The first kappa shape index (κ1) is 20.3. The van der Waals surface area contributed by atoms with Crippen molar-refractivity contribution in [3.63, 3.8) is 0 Å². The molecular weight excluding hydrogens is 396 g/mol. The van der Waals surface area contributed by atoms with E-state index in [4.69, 9.17) is 4.74 Å². The molecule has 0 unspecified atom stereocenters. The topological polar surface area (TPSA) is 75.7 Å². The van der Waals surface area contributed by atoms with Crippen LogP contribution < -0.4 is 10.2 Å². The third kappa shape index (κ3) is 4.36. The van der Waals surface area contributed by atoms with Gasteiger partial charge in [0.05, 0.1) is 17.3 Å². The van der Waals surface area contributed by atoms with Crippen molar-refractivity contribution in [3.05, 3.63) is 59.7 Å². The van der Waals surface area contributed by atoms with Gasteiger partial charge in [0.25, 0.3) is 5.91 Å². The van der Waals surface area contributed by atoms with E-state index < -0.39 is 59.3 Å². The van der Waals surface area contributed by atoms with Crippen LogP contribution in [0.5, 0.6) is 0 Å². The van der Waals surface area contributed by atoms with Crippen LogP contribution >= 0.6 is 0 Å². The van der Waals surface area contributed by atoms with Crippen molar-refractivity contribution in [2.45, 2.75) is 6.42 Å². The molecule has 0 saturated carbocycles. The van der Waals surface area contributed by atoms with E-state index >= 15 is 0 Å². The molecule has 1 aliphatic heterocycles. The molecule has 2 amide bonds. The summed E-state index contributed by atoms with van der Waals surface area (Å²) in [5, 5.41) is 1.95. The fraction of sp³-hybridized carbons (Fsp3) is 0.211. The number of hydrogen-bond donors (Lipinski definition) is 1. The molecule has 0 spiro atoms. The smallest absolute Gasteiger partial charge is 0.311 e. The minimum Gasteiger partial charge on any atom is -0.455 e. The van der Waals surface area contributed by atoms with Gasteiger partial charge in [0, 0.05) is 13.0 Å². The summed E-state index contributed by atoms with van der Waals surface area (Å²) in [4.78, 5) is 37.1. The van der Waals surface area contributed by atoms with Crippen molar-refractivity contribution in [3.8, 4) is 0 Å². The zero-order valence-electron chi connectivity index (χ0n) is 14.8. The monoisotopic (exact) mass is 410 g/mol. The Labute approximate surface area is 162 Å². The first-order valence-corrected chi connectivity index (χ1v) is 8.42. The van der Waals surface area contributed by atoms with Gasteiger partial charge in [-0.25, -0.2) is 17.6 Å². The summed E-state index contributed by atoms with van der Waals surface area (Å²) in [6.07, 6.45) is -0.230. The lowest BCUT2D eigenvalue weighted by molar-refractivity contribution is -0.151. The minimum absolute atomic E-state index is 0.0272. The molecule has 3 rings (SSSR count). The molecule has 2 aromatic rings. The Morgan fingerprint density at radius 2 is 1.76 bits per heavy atom. The number of halogens is 4. The third-order valence-electron chi connectivity index (χ3n) is 4.26. The predicted octanol–water partition coefficient (Wildman–Crippen LogP) is 2.78. The summed E-state index contributed by atoms with van der Waals surface area (Å²) >= 11 is 0. The number of hydrogen-bond acceptors (Lipinski definition) is 4. The van der Waals surface area contributed by atoms with E-state index in [2.05, 4.69) is 0 Å². The standard InChI is InChI=1S/C19H14F4N2O4/c20-11-3-1-2-4-14(11)25-8-10(7-16(25)27)19(28)29-9-15(26)24-13-6-5-12(21)17(22)18(13)23/h1-6,10H,7-9H2,(H,24,26)/t10-/m1/s1. The van der Waals surface area contributed by atoms with Crippen LogP contribution in [0.4, 0.5) is 28.9 Å². The lowest BCUT2D eigenvalue weighted by Crippen LogP contribution is -2.28. The number of amides is 2. The Bertz CT molecular complexity index is 983. The zero-order valence-corrected chi connectivity index (χ0v) is 14.8. The van der Waals surface area contributed by atoms with Crippen LogP contribution in [0.15, 0.2) is 36.4 Å². The molecular formula is C19H14F4N2O4. The first-order valence-electron chi connectivity index (χ1n) is 8.42. The second kappa shape index (κ2) is 8.29. The Balaban J connectivity index is 1.56. The van der Waals surface area contributed by atoms with E-state index in [0.29, 0.717) is 6.07 Å². The van der Waals surface area contributed by atoms with Gasteiger partial charge < -0.3 is 15.0 Å². The van der Waals surface area contributed by atoms with Crippen LogP contribution in [-0.2, 0) is 19.1 Å². The maximum absolute atomic E-state index is 13.8. The summed E-state index contributed by atoms with van der Waals surface area (Å²) in [6.45, 7) is -0.959. The van der Waals surface area contributed by atoms with Crippen LogP contribution in [0.2, 0.25) is 0 Å². The second-order valence-corrected chi connectivity index (χ2v) is 6.24. The SMILES string of the molecule is O=C(COC(=O)[C@@H]1CC(=O)N(c2ccccc2F)C1)Nc1ccc(F)c(F)c1F. The number of ether oxygens (including phenoxy) is 1. The highest BCUT2D eigenvalue weighted by Gasteiger charge is 2.37. The molecule has 1 atom stereocenters. The molecule has 0 bridgehead atoms. The van der Waals surface area contributed by atoms with E-state index in [9.17, 15) is 31.9 Å². The van der Waals surface area contributed by atoms with E-state index in [1.54, 1.807) is 6.07 Å². The van der Waals surface area contributed by atoms with Crippen molar-refractivity contribution in [2.75, 3.05) is 23.4 Å². The van der Waals surface area contributed by atoms with Gasteiger partial charge in [-0.3, -0.25) is 14.4 Å². The van der Waals surface area contributed by atoms with Crippen molar-refractivity contribution < 1.29 is 36.7 Å². The molecule has 6 nitrogen and oxygen atoms in total. The van der Waals surface area contributed by atoms with Gasteiger partial charge >= 0.3 is 5.97 Å². The number of nitrogens with zero attached hydrogens (tertiary/aromatic N) is 1. The highest BCUT2D eigenvalue weighted by molar-refractivity contribution is 6.00. The summed E-state index contributed by atoms with van der Waals surface area (Å²) in [7, 11) is 0. The van der Waals surface area contributed by atoms with Crippen LogP contribution in [-0.4, -0.2) is 30.9 Å². The molecule has 1 fully saturated rings. The van der Waals surface area contributed by atoms with Gasteiger partial charge in [-0.05, 0) is 24.3 Å². The summed E-state index contributed by atoms with van der Waals surface area (Å²) in [5.74, 6) is -8.65. The lowest BCUT2D eigenvalue weighted by Gasteiger charge is -2.17. The van der Waals surface area contributed by atoms with Gasteiger partial charge in [0.15, 0.2) is 24.1 Å². The lowest BCUT2D eigenvalue weighted by atomic mass is 10.1. The number of carbonyl (C=O) groups is 3. The fourth-order valence-corrected chi connectivity index (χ4v) is 2.83. The van der Waals surface area contributed by atoms with E-state index in [0.717, 1.165) is 11.0 Å². The molecule has 2 aromatic carbocycles. The zero-order chi connectivity index (χ0) is 21.1. The molecule has 1 N–H and O–H groups in total. The molecule has 1 heterocycles. The normalized spacial score (nSPS) is 16.1. The highest BCUT2D eigenvalue weighted by atomic mass is 19.2. The van der Waals surface area contributed by atoms with Gasteiger partial charge in [-0.1, -0.05) is 12.1 Å². The maximum atomic E-state index is 13.8. The Morgan fingerprint density at radius 1 is 1.03 bits per heavy atom. The minimum atomic E-state index is -1.75. The van der Waals surface area contributed by atoms with E-state index in [-0.39, 0.29) is 18.7 Å². The Hall–Kier alpha value is -3.43. The number of benzene rings is 2. The third-order valence-corrected chi connectivity index (χ3v) is 4.26. The van der Waals surface area contributed by atoms with Crippen LogP contribution in [0.1, 0.15) is 6.42 Å². The average Bonchev–Trinajstić information content (AvgIpc) is 3.08. The number of carbonyl (C=O) groups excluding carboxylic acids is 3. The summed E-state index contributed by atoms with van der Waals surface area (Å²) in [5.41, 5.74) is -0.592. The molecule has 1 aliphatic rings. The van der Waals surface area contributed by atoms with E-state index in [1.165, 1.54) is 18.2 Å². The van der Waals surface area contributed by atoms with Gasteiger partial charge in [-0.2, -0.15) is 0 Å². The number of rotatable bonds is 5. The summed E-state index contributed by atoms with van der Waals surface area (Å²) in [6, 6.07) is 7.01. The number of anilines is 2. The van der Waals surface area contributed by atoms with E-state index in [1.807, 2.05) is 5.32 Å². The molecule has 29 heavy (non-hydrogen) atoms. The second-order valence-electron chi connectivity index (χ2n) is 6.24. The molecule has 0 aromatic heterocycles. The fourth-order valence-electron chi connectivity index (χ4n) is 2.83. The van der Waals surface area contributed by atoms with Crippen molar-refractivity contribution in [2.24, 2.45) is 5.92 Å². The average molecular weight is 410 g/mol. The van der Waals surface area contributed by atoms with Crippen LogP contribution in [0, 0.1) is 29.2 Å². The Morgan fingerprint density at radius 3 is 2.48 bits per heavy atom. The highest BCUT2D eigenvalue weighted by Crippen LogP contribution is 2.28. The molecule has 0 aliphatic carbocycles. The molecule has 1 saturated heterocycles. The molecule has 152 valence electrons. The Kier molecular flexibility index (Phi) is 5.81. The van der Waals surface area contributed by atoms with Crippen LogP contribution in [0.25, 0.3) is 0 Å². The van der Waals surface area contributed by atoms with Gasteiger partial charge in [0.1, 0.15) is 5.82 Å². The van der Waals surface area contributed by atoms with Gasteiger partial charge in [0.2, 0.25) is 5.91 Å². The largest absolute Gasteiger partial charge is 0.455 e. The predicted molar refractivity (Wildman–Crippen MR) is 92.8 cm³/mol. The van der Waals surface area contributed by atoms with Crippen LogP contribution in [0.3, 0.4) is 0 Å². The molecule has 0 radical (unpaired) electrons. The van der Waals surface area contributed by atoms with Crippen molar-refractivity contribution in [1.82, 2.24) is 0 Å². The van der Waals surface area contributed by atoms with Crippen molar-refractivity contribution >= 4 is 29.2 Å². The first-order chi connectivity index (χ1) is 13.8. The quantitative estimate of drug-likeness (QED) is 0.467. The van der Waals surface area contributed by atoms with Gasteiger partial charge in [-0.15, -0.1) is 0 Å². The van der Waals surface area contributed by atoms with Crippen molar-refractivity contribution in [1.29, 1.82) is 0 Å². The number of esters is 1. The number of para-hydroxylation sites is 1.